The number of ether oxygens (including phenoxy) is 2. The first kappa shape index (κ1) is 21.5. The van der Waals surface area contributed by atoms with Crippen LogP contribution < -0.4 is 15.5 Å². The van der Waals surface area contributed by atoms with Gasteiger partial charge in [-0.1, -0.05) is 0 Å². The number of nitrogens with zero attached hydrogens (tertiary/aromatic N) is 3. The number of rotatable bonds is 4. The topological polar surface area (TPSA) is 88.6 Å². The lowest BCUT2D eigenvalue weighted by molar-refractivity contribution is -0.0413. The predicted octanol–water partition coefficient (Wildman–Crippen LogP) is 3.36. The molecule has 1 atom stereocenters. The Morgan fingerprint density at radius 1 is 1.26 bits per heavy atom. The summed E-state index contributed by atoms with van der Waals surface area (Å²) >= 11 is 0. The number of fused-ring (bicyclic) bond motifs is 1. The summed E-state index contributed by atoms with van der Waals surface area (Å²) in [4.78, 5) is 24.0. The summed E-state index contributed by atoms with van der Waals surface area (Å²) in [5, 5.41) is 5.55. The van der Waals surface area contributed by atoms with E-state index in [4.69, 9.17) is 19.4 Å². The molecule has 1 fully saturated rings. The van der Waals surface area contributed by atoms with Crippen LogP contribution in [0.5, 0.6) is 0 Å². The number of benzene rings is 1. The monoisotopic (exact) mass is 425 g/mol. The molecule has 3 heterocycles. The Morgan fingerprint density at radius 2 is 2.03 bits per heavy atom. The summed E-state index contributed by atoms with van der Waals surface area (Å²) in [6, 6.07) is 7.65. The second-order valence-corrected chi connectivity index (χ2v) is 8.70. The summed E-state index contributed by atoms with van der Waals surface area (Å²) in [6.07, 6.45) is 0.737. The lowest BCUT2D eigenvalue weighted by Crippen LogP contribution is -2.45. The highest BCUT2D eigenvalue weighted by atomic mass is 16.5. The number of anilines is 2. The lowest BCUT2D eigenvalue weighted by Gasteiger charge is -2.38. The smallest absolute Gasteiger partial charge is 0.319 e. The SMILES string of the molecule is CCNC(=O)Nc1ccc(-c2nc3c(c(N4CCOC[C@@H]4C)n2)COC(C)(C)C3)cc1. The van der Waals surface area contributed by atoms with Gasteiger partial charge in [-0.3, -0.25) is 0 Å². The highest BCUT2D eigenvalue weighted by Crippen LogP contribution is 2.35. The second-order valence-electron chi connectivity index (χ2n) is 8.70. The number of carbonyl (C=O) groups excluding carboxylic acids is 1. The molecule has 0 radical (unpaired) electrons. The van der Waals surface area contributed by atoms with Crippen LogP contribution in [0.1, 0.15) is 39.0 Å². The third-order valence-corrected chi connectivity index (χ3v) is 5.65. The Hall–Kier alpha value is -2.71. The fourth-order valence-electron chi connectivity index (χ4n) is 3.98. The molecule has 166 valence electrons. The van der Waals surface area contributed by atoms with Gasteiger partial charge in [-0.2, -0.15) is 0 Å². The molecule has 0 aliphatic carbocycles. The van der Waals surface area contributed by atoms with E-state index in [1.165, 1.54) is 0 Å². The molecule has 2 amide bonds. The summed E-state index contributed by atoms with van der Waals surface area (Å²) < 4.78 is 11.7. The van der Waals surface area contributed by atoms with Crippen molar-refractivity contribution < 1.29 is 14.3 Å². The average Bonchev–Trinajstić information content (AvgIpc) is 2.73. The molecular formula is C23H31N5O3. The van der Waals surface area contributed by atoms with Gasteiger partial charge in [-0.15, -0.1) is 0 Å². The van der Waals surface area contributed by atoms with E-state index < -0.39 is 0 Å². The third-order valence-electron chi connectivity index (χ3n) is 5.65. The fraction of sp³-hybridized carbons (Fsp3) is 0.522. The molecule has 2 aliphatic rings. The molecule has 0 bridgehead atoms. The zero-order chi connectivity index (χ0) is 22.0. The Labute approximate surface area is 183 Å². The largest absolute Gasteiger partial charge is 0.377 e. The van der Waals surface area contributed by atoms with E-state index in [0.29, 0.717) is 32.2 Å². The van der Waals surface area contributed by atoms with Crippen LogP contribution in [0.15, 0.2) is 24.3 Å². The van der Waals surface area contributed by atoms with Gasteiger partial charge in [0.15, 0.2) is 5.82 Å². The number of aromatic nitrogens is 2. The minimum Gasteiger partial charge on any atom is -0.377 e. The average molecular weight is 426 g/mol. The first-order chi connectivity index (χ1) is 14.9. The fourth-order valence-corrected chi connectivity index (χ4v) is 3.98. The van der Waals surface area contributed by atoms with E-state index in [2.05, 4.69) is 36.3 Å². The van der Waals surface area contributed by atoms with Crippen molar-refractivity contribution in [3.05, 3.63) is 35.5 Å². The van der Waals surface area contributed by atoms with Gasteiger partial charge in [0.25, 0.3) is 0 Å². The summed E-state index contributed by atoms with van der Waals surface area (Å²) in [6.45, 7) is 11.5. The Balaban J connectivity index is 1.69. The van der Waals surface area contributed by atoms with E-state index in [-0.39, 0.29) is 17.7 Å². The number of nitrogens with one attached hydrogen (secondary N) is 2. The van der Waals surface area contributed by atoms with Crippen molar-refractivity contribution in [1.82, 2.24) is 15.3 Å². The van der Waals surface area contributed by atoms with Gasteiger partial charge in [-0.25, -0.2) is 14.8 Å². The van der Waals surface area contributed by atoms with Gasteiger partial charge < -0.3 is 25.0 Å². The molecule has 0 spiro atoms. The molecule has 2 aliphatic heterocycles. The minimum atomic E-state index is -0.257. The van der Waals surface area contributed by atoms with Gasteiger partial charge in [0.05, 0.1) is 37.2 Å². The first-order valence-corrected chi connectivity index (χ1v) is 10.9. The zero-order valence-corrected chi connectivity index (χ0v) is 18.7. The number of morpholine rings is 1. The van der Waals surface area contributed by atoms with Crippen LogP contribution in [0.25, 0.3) is 11.4 Å². The molecule has 1 aromatic heterocycles. The summed E-state index contributed by atoms with van der Waals surface area (Å²) in [5.74, 6) is 1.63. The number of urea groups is 1. The van der Waals surface area contributed by atoms with Crippen LogP contribution in [0, 0.1) is 0 Å². The molecule has 4 rings (SSSR count). The Morgan fingerprint density at radius 3 is 2.74 bits per heavy atom. The maximum atomic E-state index is 11.8. The normalized spacial score (nSPS) is 20.1. The second kappa shape index (κ2) is 8.80. The standard InChI is InChI=1S/C23H31N5O3/c1-5-24-22(29)25-17-8-6-16(7-9-17)20-26-19-12-23(3,4)31-14-18(19)21(27-20)28-10-11-30-13-15(28)2/h6-9,15H,5,10-14H2,1-4H3,(H2,24,25,29)/t15-/m0/s1. The van der Waals surface area contributed by atoms with Gasteiger partial charge in [-0.05, 0) is 52.0 Å². The molecule has 1 aromatic carbocycles. The Kier molecular flexibility index (Phi) is 6.11. The highest BCUT2D eigenvalue weighted by molar-refractivity contribution is 5.89. The molecule has 2 aromatic rings. The van der Waals surface area contributed by atoms with Gasteiger partial charge in [0.1, 0.15) is 5.82 Å². The van der Waals surface area contributed by atoms with Crippen LogP contribution in [0.2, 0.25) is 0 Å². The van der Waals surface area contributed by atoms with E-state index in [1.807, 2.05) is 31.2 Å². The number of carbonyl (C=O) groups is 1. The van der Waals surface area contributed by atoms with Gasteiger partial charge >= 0.3 is 6.03 Å². The molecule has 0 saturated carbocycles. The van der Waals surface area contributed by atoms with Crippen molar-refractivity contribution in [2.45, 2.75) is 52.4 Å². The van der Waals surface area contributed by atoms with Crippen molar-refractivity contribution >= 4 is 17.5 Å². The number of amides is 2. The summed E-state index contributed by atoms with van der Waals surface area (Å²) in [5.41, 5.74) is 3.50. The van der Waals surface area contributed by atoms with Crippen LogP contribution in [-0.2, 0) is 22.5 Å². The van der Waals surface area contributed by atoms with Crippen LogP contribution in [0.4, 0.5) is 16.3 Å². The van der Waals surface area contributed by atoms with Crippen LogP contribution in [0.3, 0.4) is 0 Å². The Bertz CT molecular complexity index is 945. The van der Waals surface area contributed by atoms with E-state index in [0.717, 1.165) is 41.3 Å². The van der Waals surface area contributed by atoms with E-state index in [1.54, 1.807) is 0 Å². The zero-order valence-electron chi connectivity index (χ0n) is 18.7. The molecule has 8 heteroatoms. The molecular weight excluding hydrogens is 394 g/mol. The molecule has 31 heavy (non-hydrogen) atoms. The summed E-state index contributed by atoms with van der Waals surface area (Å²) in [7, 11) is 0. The predicted molar refractivity (Wildman–Crippen MR) is 120 cm³/mol. The number of hydrogen-bond donors (Lipinski definition) is 2. The minimum absolute atomic E-state index is 0.217. The van der Waals surface area contributed by atoms with Gasteiger partial charge in [0.2, 0.25) is 0 Å². The van der Waals surface area contributed by atoms with Crippen LogP contribution >= 0.6 is 0 Å². The van der Waals surface area contributed by atoms with Crippen molar-refractivity contribution in [3.63, 3.8) is 0 Å². The first-order valence-electron chi connectivity index (χ1n) is 10.9. The van der Waals surface area contributed by atoms with Gasteiger partial charge in [0, 0.05) is 36.3 Å². The van der Waals surface area contributed by atoms with Crippen molar-refractivity contribution in [1.29, 1.82) is 0 Å². The lowest BCUT2D eigenvalue weighted by atomic mass is 9.95. The quantitative estimate of drug-likeness (QED) is 0.781. The van der Waals surface area contributed by atoms with Crippen LogP contribution in [-0.4, -0.2) is 53.9 Å². The highest BCUT2D eigenvalue weighted by Gasteiger charge is 2.33. The molecule has 8 nitrogen and oxygen atoms in total. The van der Waals surface area contributed by atoms with Crippen molar-refractivity contribution in [2.75, 3.05) is 36.5 Å². The molecule has 0 unspecified atom stereocenters. The third kappa shape index (κ3) is 4.80. The molecule has 1 saturated heterocycles. The van der Waals surface area contributed by atoms with E-state index >= 15 is 0 Å². The van der Waals surface area contributed by atoms with Crippen molar-refractivity contribution in [2.24, 2.45) is 0 Å². The maximum Gasteiger partial charge on any atom is 0.319 e. The van der Waals surface area contributed by atoms with Crippen molar-refractivity contribution in [3.8, 4) is 11.4 Å². The molecule has 2 N–H and O–H groups in total. The van der Waals surface area contributed by atoms with E-state index in [9.17, 15) is 4.79 Å². The number of hydrogen-bond acceptors (Lipinski definition) is 6. The maximum absolute atomic E-state index is 11.8.